The van der Waals surface area contributed by atoms with Crippen molar-refractivity contribution in [2.24, 2.45) is 7.05 Å². The van der Waals surface area contributed by atoms with Crippen LogP contribution in [0, 0.1) is 0 Å². The van der Waals surface area contributed by atoms with Gasteiger partial charge in [-0.05, 0) is 37.1 Å². The van der Waals surface area contributed by atoms with Gasteiger partial charge in [-0.2, -0.15) is 0 Å². The number of carbonyl (C=O) groups is 2. The fourth-order valence-electron chi connectivity index (χ4n) is 4.09. The predicted octanol–water partition coefficient (Wildman–Crippen LogP) is 2.05. The lowest BCUT2D eigenvalue weighted by molar-refractivity contribution is -0.143. The number of para-hydroxylation sites is 2. The molecule has 1 aliphatic carbocycles. The molecule has 1 saturated heterocycles. The molecule has 0 spiro atoms. The highest BCUT2D eigenvalue weighted by molar-refractivity contribution is 5.95. The van der Waals surface area contributed by atoms with E-state index in [-0.39, 0.29) is 11.8 Å². The SMILES string of the molecule is Cn1c(-c2ccc(C(=O)N3CCN(C(=O)C4(O)CC4)CC3)cc2)nc2ccccc21. The van der Waals surface area contributed by atoms with Gasteiger partial charge in [0.2, 0.25) is 0 Å². The number of hydrogen-bond acceptors (Lipinski definition) is 4. The Morgan fingerprint density at radius 2 is 1.57 bits per heavy atom. The van der Waals surface area contributed by atoms with Gasteiger partial charge in [-0.1, -0.05) is 24.3 Å². The molecule has 0 unspecified atom stereocenters. The van der Waals surface area contributed by atoms with Crippen molar-refractivity contribution in [1.82, 2.24) is 19.4 Å². The third-order valence-corrected chi connectivity index (χ3v) is 6.15. The maximum atomic E-state index is 12.9. The lowest BCUT2D eigenvalue weighted by atomic mass is 10.1. The van der Waals surface area contributed by atoms with Gasteiger partial charge in [0.25, 0.3) is 11.8 Å². The van der Waals surface area contributed by atoms with E-state index in [1.165, 1.54) is 0 Å². The topological polar surface area (TPSA) is 78.7 Å². The summed E-state index contributed by atoms with van der Waals surface area (Å²) in [7, 11) is 1.99. The minimum Gasteiger partial charge on any atom is -0.380 e. The first-order valence-electron chi connectivity index (χ1n) is 10.3. The highest BCUT2D eigenvalue weighted by atomic mass is 16.3. The number of imidazole rings is 1. The van der Waals surface area contributed by atoms with Gasteiger partial charge in [0.1, 0.15) is 11.4 Å². The molecule has 5 rings (SSSR count). The summed E-state index contributed by atoms with van der Waals surface area (Å²) in [6, 6.07) is 15.5. The Balaban J connectivity index is 1.28. The Labute approximate surface area is 174 Å². The van der Waals surface area contributed by atoms with Crippen molar-refractivity contribution in [3.05, 3.63) is 54.1 Å². The van der Waals surface area contributed by atoms with Crippen molar-refractivity contribution in [2.75, 3.05) is 26.2 Å². The van der Waals surface area contributed by atoms with Gasteiger partial charge < -0.3 is 19.5 Å². The third kappa shape index (κ3) is 3.15. The average Bonchev–Trinajstić information content (AvgIpc) is 3.46. The molecule has 7 nitrogen and oxygen atoms in total. The van der Waals surface area contributed by atoms with E-state index in [4.69, 9.17) is 4.98 Å². The first kappa shape index (κ1) is 18.8. The van der Waals surface area contributed by atoms with Gasteiger partial charge in [-0.3, -0.25) is 9.59 Å². The first-order chi connectivity index (χ1) is 14.5. The molecule has 154 valence electrons. The fraction of sp³-hybridized carbons (Fsp3) is 0.348. The Hall–Kier alpha value is -3.19. The standard InChI is InChI=1S/C23H24N4O3/c1-25-19-5-3-2-4-18(19)24-20(25)16-6-8-17(9-7-16)21(28)26-12-14-27(15-13-26)22(29)23(30)10-11-23/h2-9,30H,10-15H2,1H3. The van der Waals surface area contributed by atoms with Crippen LogP contribution in [-0.2, 0) is 11.8 Å². The second-order valence-electron chi connectivity index (χ2n) is 8.18. The first-order valence-corrected chi connectivity index (χ1v) is 10.3. The summed E-state index contributed by atoms with van der Waals surface area (Å²) in [5.74, 6) is 0.630. The zero-order valence-corrected chi connectivity index (χ0v) is 16.9. The lowest BCUT2D eigenvalue weighted by Crippen LogP contribution is -2.53. The van der Waals surface area contributed by atoms with Gasteiger partial charge in [0.15, 0.2) is 0 Å². The molecular weight excluding hydrogens is 380 g/mol. The van der Waals surface area contributed by atoms with E-state index in [2.05, 4.69) is 4.57 Å². The van der Waals surface area contributed by atoms with Crippen LogP contribution in [0.1, 0.15) is 23.2 Å². The molecule has 2 fully saturated rings. The summed E-state index contributed by atoms with van der Waals surface area (Å²) < 4.78 is 2.05. The van der Waals surface area contributed by atoms with Gasteiger partial charge in [0, 0.05) is 44.4 Å². The Bertz CT molecular complexity index is 1120. The molecule has 1 aromatic heterocycles. The van der Waals surface area contributed by atoms with Crippen LogP contribution in [0.4, 0.5) is 0 Å². The highest BCUT2D eigenvalue weighted by Crippen LogP contribution is 2.37. The number of carbonyl (C=O) groups excluding carboxylic acids is 2. The van der Waals surface area contributed by atoms with Crippen LogP contribution in [-0.4, -0.2) is 68.1 Å². The monoisotopic (exact) mass is 404 g/mol. The smallest absolute Gasteiger partial charge is 0.254 e. The molecule has 7 heteroatoms. The Morgan fingerprint density at radius 3 is 2.20 bits per heavy atom. The summed E-state index contributed by atoms with van der Waals surface area (Å²) in [5.41, 5.74) is 2.45. The van der Waals surface area contributed by atoms with E-state index in [0.29, 0.717) is 44.6 Å². The Kier molecular flexibility index (Phi) is 4.36. The van der Waals surface area contributed by atoms with E-state index in [9.17, 15) is 14.7 Å². The van der Waals surface area contributed by atoms with Crippen LogP contribution >= 0.6 is 0 Å². The van der Waals surface area contributed by atoms with Crippen molar-refractivity contribution in [2.45, 2.75) is 18.4 Å². The van der Waals surface area contributed by atoms with Crippen LogP contribution in [0.3, 0.4) is 0 Å². The van der Waals surface area contributed by atoms with Crippen molar-refractivity contribution in [1.29, 1.82) is 0 Å². The highest BCUT2D eigenvalue weighted by Gasteiger charge is 2.50. The lowest BCUT2D eigenvalue weighted by Gasteiger charge is -2.35. The number of fused-ring (bicyclic) bond motifs is 1. The molecule has 2 amide bonds. The molecule has 30 heavy (non-hydrogen) atoms. The number of benzene rings is 2. The van der Waals surface area contributed by atoms with E-state index in [0.717, 1.165) is 22.4 Å². The summed E-state index contributed by atoms with van der Waals surface area (Å²) in [6.45, 7) is 1.88. The van der Waals surface area contributed by atoms with E-state index in [1.54, 1.807) is 9.80 Å². The molecule has 2 aromatic carbocycles. The van der Waals surface area contributed by atoms with Crippen LogP contribution in [0.25, 0.3) is 22.4 Å². The van der Waals surface area contributed by atoms with Crippen LogP contribution in [0.15, 0.2) is 48.5 Å². The third-order valence-electron chi connectivity index (χ3n) is 6.15. The van der Waals surface area contributed by atoms with Gasteiger partial charge in [-0.15, -0.1) is 0 Å². The van der Waals surface area contributed by atoms with Gasteiger partial charge in [-0.25, -0.2) is 4.98 Å². The van der Waals surface area contributed by atoms with E-state index in [1.807, 2.05) is 55.6 Å². The zero-order chi connectivity index (χ0) is 20.9. The number of aromatic nitrogens is 2. The summed E-state index contributed by atoms with van der Waals surface area (Å²) in [4.78, 5) is 33.3. The molecule has 0 atom stereocenters. The second-order valence-corrected chi connectivity index (χ2v) is 8.18. The van der Waals surface area contributed by atoms with Crippen LogP contribution in [0.2, 0.25) is 0 Å². The maximum Gasteiger partial charge on any atom is 0.254 e. The number of rotatable bonds is 3. The molecule has 1 N–H and O–H groups in total. The molecule has 3 aromatic rings. The minimum absolute atomic E-state index is 0.0382. The molecular formula is C23H24N4O3. The van der Waals surface area contributed by atoms with Crippen molar-refractivity contribution < 1.29 is 14.7 Å². The maximum absolute atomic E-state index is 12.9. The number of aliphatic hydroxyl groups is 1. The molecule has 2 aliphatic rings. The van der Waals surface area contributed by atoms with Crippen molar-refractivity contribution >= 4 is 22.8 Å². The summed E-state index contributed by atoms with van der Waals surface area (Å²) >= 11 is 0. The molecule has 0 bridgehead atoms. The Morgan fingerprint density at radius 1 is 0.933 bits per heavy atom. The summed E-state index contributed by atoms with van der Waals surface area (Å²) in [6.07, 6.45) is 1.09. The minimum atomic E-state index is -1.14. The number of piperazine rings is 1. The van der Waals surface area contributed by atoms with Crippen LogP contribution in [0.5, 0.6) is 0 Å². The zero-order valence-electron chi connectivity index (χ0n) is 16.9. The predicted molar refractivity (Wildman–Crippen MR) is 113 cm³/mol. The number of aryl methyl sites for hydroxylation is 1. The molecule has 1 aliphatic heterocycles. The second kappa shape index (κ2) is 6.95. The van der Waals surface area contributed by atoms with Crippen molar-refractivity contribution in [3.63, 3.8) is 0 Å². The molecule has 1 saturated carbocycles. The molecule has 2 heterocycles. The van der Waals surface area contributed by atoms with Gasteiger partial charge >= 0.3 is 0 Å². The largest absolute Gasteiger partial charge is 0.380 e. The van der Waals surface area contributed by atoms with E-state index >= 15 is 0 Å². The van der Waals surface area contributed by atoms with Crippen LogP contribution < -0.4 is 0 Å². The number of nitrogens with zero attached hydrogens (tertiary/aromatic N) is 4. The fourth-order valence-corrected chi connectivity index (χ4v) is 4.09. The molecule has 0 radical (unpaired) electrons. The quantitative estimate of drug-likeness (QED) is 0.725. The average molecular weight is 404 g/mol. The number of hydrogen-bond donors (Lipinski definition) is 1. The van der Waals surface area contributed by atoms with E-state index < -0.39 is 5.60 Å². The number of amides is 2. The van der Waals surface area contributed by atoms with Gasteiger partial charge in [0.05, 0.1) is 11.0 Å². The normalized spacial score (nSPS) is 17.9. The summed E-state index contributed by atoms with van der Waals surface area (Å²) in [5, 5.41) is 10.0. The van der Waals surface area contributed by atoms with Crippen molar-refractivity contribution in [3.8, 4) is 11.4 Å².